The van der Waals surface area contributed by atoms with Gasteiger partial charge in [0.2, 0.25) is 23.8 Å². The SMILES string of the molecule is CC1CCC(n2c3cnccc3c3cnc(Nc4ccc5c(n4)[C@@H](C)CN(CCO)C5)nc32)CC1.CC1CCC(n2c3cnccc3c3cnc(Nc4ccc5c(n4)[C@@H](C)CNC5)nc32)CC1.CC1CCC(n2c3cnccc3c3cnc(Nc4ccc5c(n4)[C@H](C)CN(CCO)C5)nc32)CC1.CC1CCC(n2c3cnccc3c3cnc(Nc4ccc5c(n4)[C@H](C)CNC5)nc32)CC1. The van der Waals surface area contributed by atoms with Gasteiger partial charge in [0.25, 0.3) is 0 Å². The molecule has 0 bridgehead atoms. The normalized spacial score (nSPS) is 23.2. The molecule has 16 aromatic heterocycles. The Kier molecular flexibility index (Phi) is 25.4. The summed E-state index contributed by atoms with van der Waals surface area (Å²) < 4.78 is 9.61. The Hall–Kier alpha value is -12.3. The minimum atomic E-state index is 0.182. The van der Waals surface area contributed by atoms with Crippen LogP contribution in [0.25, 0.3) is 87.7 Å². The Balaban J connectivity index is 0.000000107. The third-order valence-electron chi connectivity index (χ3n) is 29.9. The Morgan fingerprint density at radius 1 is 0.299 bits per heavy atom. The number of aliphatic hydroxyl groups excluding tert-OH is 2. The van der Waals surface area contributed by atoms with Gasteiger partial charge in [-0.15, -0.1) is 0 Å². The average Bonchev–Trinajstić information content (AvgIpc) is 1.61. The van der Waals surface area contributed by atoms with Crippen LogP contribution in [0.5, 0.6) is 0 Å². The lowest BCUT2D eigenvalue weighted by molar-refractivity contribution is 0.173. The second kappa shape index (κ2) is 38.6. The van der Waals surface area contributed by atoms with Crippen LogP contribution in [0.4, 0.5) is 47.1 Å². The second-order valence-corrected chi connectivity index (χ2v) is 39.7. The summed E-state index contributed by atoms with van der Waals surface area (Å²) in [7, 11) is 0. The van der Waals surface area contributed by atoms with Gasteiger partial charge >= 0.3 is 0 Å². The van der Waals surface area contributed by atoms with Gasteiger partial charge in [0, 0.05) is 206 Å². The van der Waals surface area contributed by atoms with Crippen molar-refractivity contribution in [1.29, 1.82) is 0 Å². The van der Waals surface area contributed by atoms with E-state index in [4.69, 9.17) is 39.9 Å². The first kappa shape index (κ1) is 88.3. The van der Waals surface area contributed by atoms with Crippen molar-refractivity contribution < 1.29 is 10.2 Å². The molecule has 30 nitrogen and oxygen atoms in total. The van der Waals surface area contributed by atoms with Crippen molar-refractivity contribution >= 4 is 135 Å². The molecule has 4 atom stereocenters. The summed E-state index contributed by atoms with van der Waals surface area (Å²) in [5.41, 5.74) is 18.0. The summed E-state index contributed by atoms with van der Waals surface area (Å²) in [6.07, 6.45) is 42.4. The molecule has 8 N–H and O–H groups in total. The maximum Gasteiger partial charge on any atom is 0.230 e. The third-order valence-corrected chi connectivity index (χ3v) is 29.9. The fraction of sp³-hybridized carbons (Fsp3) is 0.462. The summed E-state index contributed by atoms with van der Waals surface area (Å²) in [4.78, 5) is 80.5. The number of pyridine rings is 8. The summed E-state index contributed by atoms with van der Waals surface area (Å²) >= 11 is 0. The van der Waals surface area contributed by atoms with E-state index in [-0.39, 0.29) is 13.2 Å². The highest BCUT2D eigenvalue weighted by Crippen LogP contribution is 2.45. The van der Waals surface area contributed by atoms with Crippen molar-refractivity contribution in [3.05, 3.63) is 192 Å². The molecule has 0 radical (unpaired) electrons. The molecule has 4 saturated carbocycles. The number of hydrogen-bond acceptors (Lipinski definition) is 26. The maximum atomic E-state index is 9.31. The van der Waals surface area contributed by atoms with Gasteiger partial charge < -0.3 is 60.4 Å². The zero-order valence-electron chi connectivity index (χ0n) is 78.3. The number of hydrogen-bond donors (Lipinski definition) is 8. The van der Waals surface area contributed by atoms with Crippen molar-refractivity contribution in [1.82, 2.24) is 118 Å². The monoisotopic (exact) mass is 1800 g/mol. The van der Waals surface area contributed by atoms with Crippen LogP contribution in [0.2, 0.25) is 0 Å². The lowest BCUT2D eigenvalue weighted by Crippen LogP contribution is -2.35. The van der Waals surface area contributed by atoms with Crippen molar-refractivity contribution in [3.63, 3.8) is 0 Å². The summed E-state index contributed by atoms with van der Waals surface area (Å²) in [6.45, 7) is 27.1. The molecule has 0 saturated heterocycles. The molecular weight excluding hydrogens is 1670 g/mol. The molecule has 20 heterocycles. The number of fused-ring (bicyclic) bond motifs is 16. The number of aliphatic hydroxyl groups is 2. The van der Waals surface area contributed by atoms with E-state index in [0.717, 1.165) is 199 Å². The standard InChI is InChI=1S/2C27H33N7O.2C25H29N7/c2*1-17-3-6-20(7-4-17)34-23-14-28-10-9-21(23)22-13-29-27(32-26(22)34)31-24-8-5-19-16-33(11-12-35)15-18(2)25(19)30-24;2*1-15-3-6-18(7-4-15)32-21-14-26-10-9-19(21)20-13-28-25(31-24(20)32)30-22-8-5-17-12-27-11-16(2)23(17)29-22/h2*5,8-10,13-14,17-18,20,35H,3-4,6-7,11-12,15-16H2,1-2H3,(H,29,30,31,32);2*5,8-10,13-16,18,27H,3-4,6-7,11-12H2,1-2H3,(H,28,29,30,31)/t2*17?,18-,20?;2*15?,16-,18?/m1010/s1. The molecular formula is C104H124N28O2. The molecule has 0 spiro atoms. The Morgan fingerprint density at radius 3 is 0.828 bits per heavy atom. The zero-order chi connectivity index (χ0) is 91.2. The highest BCUT2D eigenvalue weighted by molar-refractivity contribution is 6.09. The molecule has 134 heavy (non-hydrogen) atoms. The predicted molar refractivity (Wildman–Crippen MR) is 530 cm³/mol. The Bertz CT molecular complexity index is 6520. The number of anilines is 8. The summed E-state index contributed by atoms with van der Waals surface area (Å²) in [6, 6.07) is 26.7. The third kappa shape index (κ3) is 18.0. The first-order valence-electron chi connectivity index (χ1n) is 49.1. The number of rotatable bonds is 16. The quantitative estimate of drug-likeness (QED) is 0.0445. The van der Waals surface area contributed by atoms with E-state index in [2.05, 4.69) is 204 Å². The first-order chi connectivity index (χ1) is 65.5. The highest BCUT2D eigenvalue weighted by Gasteiger charge is 2.33. The molecule has 4 fully saturated rings. The highest BCUT2D eigenvalue weighted by atomic mass is 16.3. The summed E-state index contributed by atoms with van der Waals surface area (Å²) in [5.74, 6) is 10.0. The molecule has 8 aliphatic rings. The van der Waals surface area contributed by atoms with Crippen molar-refractivity contribution in [2.24, 2.45) is 23.7 Å². The van der Waals surface area contributed by atoms with Crippen molar-refractivity contribution in [2.45, 2.75) is 232 Å². The molecule has 30 heteroatoms. The molecule has 0 amide bonds. The average molecular weight is 1800 g/mol. The van der Waals surface area contributed by atoms with Crippen LogP contribution in [-0.2, 0) is 26.2 Å². The fourth-order valence-electron chi connectivity index (χ4n) is 22.6. The molecule has 0 unspecified atom stereocenters. The van der Waals surface area contributed by atoms with Crippen LogP contribution in [0.1, 0.15) is 251 Å². The number of β-amino-alcohol motifs (C(OH)–C–C–N with tert-alkyl or cyclic N) is 2. The Morgan fingerprint density at radius 2 is 0.560 bits per heavy atom. The minimum absolute atomic E-state index is 0.182. The maximum absolute atomic E-state index is 9.31. The molecule has 24 rings (SSSR count). The van der Waals surface area contributed by atoms with E-state index >= 15 is 0 Å². The van der Waals surface area contributed by atoms with Crippen molar-refractivity contribution in [3.8, 4) is 0 Å². The van der Waals surface area contributed by atoms with Crippen LogP contribution < -0.4 is 31.9 Å². The van der Waals surface area contributed by atoms with E-state index in [0.29, 0.717) is 84.7 Å². The van der Waals surface area contributed by atoms with Crippen LogP contribution in [0.15, 0.2) is 147 Å². The van der Waals surface area contributed by atoms with E-state index in [1.54, 1.807) is 0 Å². The van der Waals surface area contributed by atoms with Crippen LogP contribution in [-0.4, -0.2) is 171 Å². The van der Waals surface area contributed by atoms with E-state index in [1.807, 2.05) is 98.6 Å². The number of nitrogens with one attached hydrogen (secondary N) is 6. The van der Waals surface area contributed by atoms with E-state index in [9.17, 15) is 10.2 Å². The van der Waals surface area contributed by atoms with Crippen LogP contribution in [0.3, 0.4) is 0 Å². The van der Waals surface area contributed by atoms with Gasteiger partial charge in [-0.1, -0.05) is 79.7 Å². The topological polar surface area (TPSA) is 345 Å². The fourth-order valence-corrected chi connectivity index (χ4v) is 22.6. The largest absolute Gasteiger partial charge is 0.395 e. The van der Waals surface area contributed by atoms with Gasteiger partial charge in [-0.25, -0.2) is 39.9 Å². The van der Waals surface area contributed by atoms with Gasteiger partial charge in [-0.05, 0) is 197 Å². The second-order valence-electron chi connectivity index (χ2n) is 39.7. The number of aromatic nitrogens is 20. The van der Waals surface area contributed by atoms with Gasteiger partial charge in [-0.3, -0.25) is 29.7 Å². The van der Waals surface area contributed by atoms with Gasteiger partial charge in [0.15, 0.2) is 0 Å². The van der Waals surface area contributed by atoms with Crippen molar-refractivity contribution in [2.75, 3.05) is 73.7 Å². The van der Waals surface area contributed by atoms with Gasteiger partial charge in [0.1, 0.15) is 45.9 Å². The minimum Gasteiger partial charge on any atom is -0.395 e. The predicted octanol–water partition coefficient (Wildman–Crippen LogP) is 19.7. The smallest absolute Gasteiger partial charge is 0.230 e. The van der Waals surface area contributed by atoms with E-state index in [1.165, 1.54) is 136 Å². The van der Waals surface area contributed by atoms with Gasteiger partial charge in [0.05, 0.1) is 82.8 Å². The number of nitrogens with zero attached hydrogens (tertiary/aromatic N) is 22. The molecule has 4 aliphatic heterocycles. The lowest BCUT2D eigenvalue weighted by Gasteiger charge is -2.32. The van der Waals surface area contributed by atoms with Gasteiger partial charge in [-0.2, -0.15) is 19.9 Å². The lowest BCUT2D eigenvalue weighted by atomic mass is 9.87. The first-order valence-corrected chi connectivity index (χ1v) is 49.1. The molecule has 692 valence electrons. The Labute approximate surface area is 780 Å². The summed E-state index contributed by atoms with van der Waals surface area (Å²) in [5, 5.41) is 48.0. The van der Waals surface area contributed by atoms with E-state index < -0.39 is 0 Å². The van der Waals surface area contributed by atoms with Crippen LogP contribution in [0, 0.1) is 23.7 Å². The molecule has 16 aromatic rings. The van der Waals surface area contributed by atoms with Crippen LogP contribution >= 0.6 is 0 Å². The molecule has 0 aromatic carbocycles. The molecule has 4 aliphatic carbocycles. The zero-order valence-corrected chi connectivity index (χ0v) is 78.3.